The molecule has 2 rings (SSSR count). The molecule has 0 spiro atoms. The molecule has 0 aliphatic carbocycles. The van der Waals surface area contributed by atoms with Gasteiger partial charge in [-0.2, -0.15) is 0 Å². The molecule has 2 nitrogen and oxygen atoms in total. The summed E-state index contributed by atoms with van der Waals surface area (Å²) in [6.45, 7) is 4.19. The molecule has 0 bridgehead atoms. The first kappa shape index (κ1) is 16.1. The molecule has 20 heavy (non-hydrogen) atoms. The van der Waals surface area contributed by atoms with Crippen LogP contribution in [0.2, 0.25) is 0 Å². The van der Waals surface area contributed by atoms with Crippen molar-refractivity contribution in [2.75, 3.05) is 0 Å². The Bertz CT molecular complexity index is 451. The molecular formula is C18H24O2. The van der Waals surface area contributed by atoms with Crippen LogP contribution in [0.5, 0.6) is 11.5 Å². The maximum absolute atomic E-state index is 9.03. The second-order valence-electron chi connectivity index (χ2n) is 4.96. The third-order valence-electron chi connectivity index (χ3n) is 3.04. The first-order valence-corrected chi connectivity index (χ1v) is 7.15. The average molecular weight is 272 g/mol. The lowest BCUT2D eigenvalue weighted by molar-refractivity contribution is 0.474. The molecule has 0 fully saturated rings. The lowest BCUT2D eigenvalue weighted by atomic mass is 10.1. The third-order valence-corrected chi connectivity index (χ3v) is 3.04. The van der Waals surface area contributed by atoms with Gasteiger partial charge >= 0.3 is 0 Å². The van der Waals surface area contributed by atoms with Gasteiger partial charge in [-0.05, 0) is 49.6 Å². The number of phenolic OH excluding ortho intramolecular Hbond substituents is 2. The van der Waals surface area contributed by atoms with Gasteiger partial charge in [0.05, 0.1) is 0 Å². The monoisotopic (exact) mass is 272 g/mol. The molecule has 2 heteroatoms. The van der Waals surface area contributed by atoms with E-state index in [0.29, 0.717) is 11.5 Å². The van der Waals surface area contributed by atoms with Gasteiger partial charge in [-0.3, -0.25) is 0 Å². The maximum atomic E-state index is 9.03. The van der Waals surface area contributed by atoms with Gasteiger partial charge in [0.25, 0.3) is 0 Å². The second-order valence-corrected chi connectivity index (χ2v) is 4.96. The minimum atomic E-state index is 0.329. The Morgan fingerprint density at radius 3 is 1.70 bits per heavy atom. The van der Waals surface area contributed by atoms with Gasteiger partial charge in [0.15, 0.2) is 0 Å². The van der Waals surface area contributed by atoms with Gasteiger partial charge in [0.2, 0.25) is 0 Å². The summed E-state index contributed by atoms with van der Waals surface area (Å²) in [5.41, 5.74) is 2.49. The molecule has 108 valence electrons. The van der Waals surface area contributed by atoms with Crippen LogP contribution < -0.4 is 0 Å². The molecule has 0 unspecified atom stereocenters. The van der Waals surface area contributed by atoms with Gasteiger partial charge < -0.3 is 10.2 Å². The summed E-state index contributed by atoms with van der Waals surface area (Å²) in [5.74, 6) is 0.685. The molecule has 0 radical (unpaired) electrons. The smallest absolute Gasteiger partial charge is 0.115 e. The largest absolute Gasteiger partial charge is 0.508 e. The van der Waals surface area contributed by atoms with E-state index < -0.39 is 0 Å². The maximum Gasteiger partial charge on any atom is 0.115 e. The van der Waals surface area contributed by atoms with E-state index in [4.69, 9.17) is 10.2 Å². The van der Waals surface area contributed by atoms with Crippen LogP contribution in [-0.2, 0) is 6.42 Å². The first-order chi connectivity index (χ1) is 9.61. The number of hydrogen-bond acceptors (Lipinski definition) is 2. The highest BCUT2D eigenvalue weighted by atomic mass is 16.3. The fraction of sp³-hybridized carbons (Fsp3) is 0.333. The van der Waals surface area contributed by atoms with Crippen LogP contribution in [0.4, 0.5) is 0 Å². The Morgan fingerprint density at radius 2 is 1.25 bits per heavy atom. The Balaban J connectivity index is 0.000000217. The number of aromatic hydroxyl groups is 2. The van der Waals surface area contributed by atoms with E-state index >= 15 is 0 Å². The minimum absolute atomic E-state index is 0.329. The van der Waals surface area contributed by atoms with E-state index in [-0.39, 0.29) is 0 Å². The number of hydrogen-bond donors (Lipinski definition) is 2. The lowest BCUT2D eigenvalue weighted by Gasteiger charge is -1.99. The number of unbranched alkanes of at least 4 members (excludes halogenated alkanes) is 2. The Labute approximate surface area is 121 Å². The molecule has 2 aromatic carbocycles. The molecule has 2 N–H and O–H groups in total. The summed E-state index contributed by atoms with van der Waals surface area (Å²) in [6.07, 6.45) is 4.94. The van der Waals surface area contributed by atoms with E-state index in [1.807, 2.05) is 31.2 Å². The van der Waals surface area contributed by atoms with Crippen molar-refractivity contribution in [2.24, 2.45) is 0 Å². The molecule has 0 saturated carbocycles. The van der Waals surface area contributed by atoms with E-state index in [9.17, 15) is 0 Å². The highest BCUT2D eigenvalue weighted by Gasteiger charge is 1.92. The average Bonchev–Trinajstić information content (AvgIpc) is 2.45. The summed E-state index contributed by atoms with van der Waals surface area (Å²) in [7, 11) is 0. The highest BCUT2D eigenvalue weighted by molar-refractivity contribution is 5.26. The summed E-state index contributed by atoms with van der Waals surface area (Å²) >= 11 is 0. The molecule has 0 aromatic heterocycles. The van der Waals surface area contributed by atoms with Crippen LogP contribution >= 0.6 is 0 Å². The van der Waals surface area contributed by atoms with Gasteiger partial charge in [0.1, 0.15) is 11.5 Å². The van der Waals surface area contributed by atoms with Crippen LogP contribution in [0.1, 0.15) is 37.3 Å². The van der Waals surface area contributed by atoms with Gasteiger partial charge in [0, 0.05) is 0 Å². The van der Waals surface area contributed by atoms with E-state index in [1.54, 1.807) is 24.3 Å². The zero-order valence-electron chi connectivity index (χ0n) is 12.3. The van der Waals surface area contributed by atoms with Crippen molar-refractivity contribution < 1.29 is 10.2 Å². The second kappa shape index (κ2) is 9.03. The highest BCUT2D eigenvalue weighted by Crippen LogP contribution is 2.12. The van der Waals surface area contributed by atoms with Gasteiger partial charge in [-0.25, -0.2) is 0 Å². The zero-order valence-corrected chi connectivity index (χ0v) is 12.3. The quantitative estimate of drug-likeness (QED) is 0.783. The van der Waals surface area contributed by atoms with Crippen LogP contribution in [0.15, 0.2) is 48.5 Å². The molecule has 0 heterocycles. The number of benzene rings is 2. The molecular weight excluding hydrogens is 248 g/mol. The van der Waals surface area contributed by atoms with Crippen molar-refractivity contribution >= 4 is 0 Å². The Morgan fingerprint density at radius 1 is 0.750 bits per heavy atom. The molecule has 0 aliphatic rings. The summed E-state index contributed by atoms with van der Waals surface area (Å²) in [4.78, 5) is 0. The fourth-order valence-corrected chi connectivity index (χ4v) is 1.79. The van der Waals surface area contributed by atoms with Crippen molar-refractivity contribution in [1.29, 1.82) is 0 Å². The molecule has 2 aromatic rings. The summed E-state index contributed by atoms with van der Waals surface area (Å²) in [5, 5.41) is 17.8. The van der Waals surface area contributed by atoms with Crippen molar-refractivity contribution in [3.8, 4) is 11.5 Å². The van der Waals surface area contributed by atoms with Crippen LogP contribution in [0.25, 0.3) is 0 Å². The Kier molecular flexibility index (Phi) is 7.26. The van der Waals surface area contributed by atoms with Gasteiger partial charge in [-0.15, -0.1) is 0 Å². The number of aryl methyl sites for hydroxylation is 2. The van der Waals surface area contributed by atoms with Crippen molar-refractivity contribution in [1.82, 2.24) is 0 Å². The standard InChI is InChI=1S/C11H16O.C7H8O/c1-2-3-4-5-10-6-8-11(12)9-7-10;1-6-2-4-7(8)5-3-6/h6-9,12H,2-5H2,1H3;2-5,8H,1H3. The van der Waals surface area contributed by atoms with Crippen molar-refractivity contribution in [2.45, 2.75) is 39.5 Å². The summed E-state index contributed by atoms with van der Waals surface area (Å²) in [6, 6.07) is 14.6. The molecule has 0 saturated heterocycles. The van der Waals surface area contributed by atoms with E-state index in [2.05, 4.69) is 6.92 Å². The minimum Gasteiger partial charge on any atom is -0.508 e. The SMILES string of the molecule is CCCCCc1ccc(O)cc1.Cc1ccc(O)cc1. The van der Waals surface area contributed by atoms with Crippen molar-refractivity contribution in [3.63, 3.8) is 0 Å². The van der Waals surface area contributed by atoms with Crippen LogP contribution in [0.3, 0.4) is 0 Å². The normalized spacial score (nSPS) is 9.70. The third kappa shape index (κ3) is 6.83. The van der Waals surface area contributed by atoms with E-state index in [1.165, 1.54) is 30.4 Å². The molecule has 0 amide bonds. The number of rotatable bonds is 4. The molecule has 0 aliphatic heterocycles. The lowest BCUT2D eigenvalue weighted by Crippen LogP contribution is -1.83. The van der Waals surface area contributed by atoms with Crippen LogP contribution in [0, 0.1) is 6.92 Å². The Hall–Kier alpha value is -1.96. The fourth-order valence-electron chi connectivity index (χ4n) is 1.79. The predicted octanol–water partition coefficient (Wildman–Crippen LogP) is 4.83. The van der Waals surface area contributed by atoms with Crippen molar-refractivity contribution in [3.05, 3.63) is 59.7 Å². The first-order valence-electron chi connectivity index (χ1n) is 7.15. The predicted molar refractivity (Wildman–Crippen MR) is 84.2 cm³/mol. The van der Waals surface area contributed by atoms with Gasteiger partial charge in [-0.1, -0.05) is 49.6 Å². The topological polar surface area (TPSA) is 40.5 Å². The van der Waals surface area contributed by atoms with Crippen LogP contribution in [-0.4, -0.2) is 10.2 Å². The summed E-state index contributed by atoms with van der Waals surface area (Å²) < 4.78 is 0. The van der Waals surface area contributed by atoms with E-state index in [0.717, 1.165) is 6.42 Å². The zero-order chi connectivity index (χ0) is 14.8. The number of phenols is 2. The molecule has 0 atom stereocenters.